The van der Waals surface area contributed by atoms with Gasteiger partial charge in [0.25, 0.3) is 0 Å². The van der Waals surface area contributed by atoms with Crippen LogP contribution in [0.15, 0.2) is 53.7 Å². The van der Waals surface area contributed by atoms with Crippen LogP contribution in [0.1, 0.15) is 27.7 Å². The molecule has 0 unspecified atom stereocenters. The molecule has 0 saturated carbocycles. The Morgan fingerprint density at radius 1 is 0.750 bits per heavy atom. The van der Waals surface area contributed by atoms with E-state index in [4.69, 9.17) is 14.5 Å². The zero-order chi connectivity index (χ0) is 19.9. The van der Waals surface area contributed by atoms with Crippen LogP contribution in [-0.4, -0.2) is 33.6 Å². The minimum atomic E-state index is 0.381. The lowest BCUT2D eigenvalue weighted by Crippen LogP contribution is -2.01. The van der Waals surface area contributed by atoms with E-state index in [1.165, 1.54) is 0 Å². The van der Waals surface area contributed by atoms with Gasteiger partial charge in [-0.05, 0) is 62.4 Å². The predicted molar refractivity (Wildman–Crippen MR) is 114 cm³/mol. The summed E-state index contributed by atoms with van der Waals surface area (Å²) in [5.74, 6) is 1.68. The fraction of sp³-hybridized carbons (Fsp3) is 0.318. The highest BCUT2D eigenvalue weighted by molar-refractivity contribution is 7.99. The van der Waals surface area contributed by atoms with Gasteiger partial charge in [0.1, 0.15) is 22.9 Å². The van der Waals surface area contributed by atoms with Gasteiger partial charge < -0.3 is 9.47 Å². The highest BCUT2D eigenvalue weighted by Gasteiger charge is 2.15. The van der Waals surface area contributed by atoms with Crippen molar-refractivity contribution in [2.75, 3.05) is 13.2 Å². The van der Waals surface area contributed by atoms with Crippen LogP contribution in [0.5, 0.6) is 11.5 Å². The Morgan fingerprint density at radius 3 is 1.71 bits per heavy atom. The molecule has 0 amide bonds. The van der Waals surface area contributed by atoms with Crippen LogP contribution in [0.3, 0.4) is 0 Å². The van der Waals surface area contributed by atoms with Crippen molar-refractivity contribution < 1.29 is 9.47 Å². The molecule has 3 aromatic rings. The standard InChI is InChI=1S/C22H25N3O2S/c1-5-26-18-11-7-16(8-12-18)20-21(24-25-22(23-20)28-15(3)4)17-9-13-19(14-10-17)27-6-2/h7-15H,5-6H2,1-4H3. The van der Waals surface area contributed by atoms with Crippen LogP contribution < -0.4 is 9.47 Å². The van der Waals surface area contributed by atoms with Crippen LogP contribution in [0.2, 0.25) is 0 Å². The number of hydrogen-bond acceptors (Lipinski definition) is 6. The maximum absolute atomic E-state index is 5.56. The largest absolute Gasteiger partial charge is 0.494 e. The predicted octanol–water partition coefficient (Wildman–Crippen LogP) is 5.50. The molecule has 0 saturated heterocycles. The lowest BCUT2D eigenvalue weighted by atomic mass is 10.0. The maximum atomic E-state index is 5.56. The highest BCUT2D eigenvalue weighted by Crippen LogP contribution is 2.32. The summed E-state index contributed by atoms with van der Waals surface area (Å²) in [6, 6.07) is 15.8. The number of benzene rings is 2. The van der Waals surface area contributed by atoms with Crippen LogP contribution in [0.4, 0.5) is 0 Å². The number of thioether (sulfide) groups is 1. The van der Waals surface area contributed by atoms with Gasteiger partial charge in [-0.3, -0.25) is 0 Å². The van der Waals surface area contributed by atoms with Crippen molar-refractivity contribution >= 4 is 11.8 Å². The zero-order valence-electron chi connectivity index (χ0n) is 16.7. The third-order valence-electron chi connectivity index (χ3n) is 3.89. The van der Waals surface area contributed by atoms with E-state index in [9.17, 15) is 0 Å². The van der Waals surface area contributed by atoms with Gasteiger partial charge in [-0.25, -0.2) is 4.98 Å². The molecule has 0 radical (unpaired) electrons. The summed E-state index contributed by atoms with van der Waals surface area (Å²) in [6.07, 6.45) is 0. The molecule has 28 heavy (non-hydrogen) atoms. The van der Waals surface area contributed by atoms with Crippen molar-refractivity contribution in [3.63, 3.8) is 0 Å². The molecule has 0 aliphatic heterocycles. The SMILES string of the molecule is CCOc1ccc(-c2nnc(SC(C)C)nc2-c2ccc(OCC)cc2)cc1. The first kappa shape index (κ1) is 20.1. The zero-order valence-corrected chi connectivity index (χ0v) is 17.5. The Kier molecular flexibility index (Phi) is 6.87. The second-order valence-corrected chi connectivity index (χ2v) is 7.92. The smallest absolute Gasteiger partial charge is 0.209 e. The Hall–Kier alpha value is -2.60. The van der Waals surface area contributed by atoms with E-state index in [1.807, 2.05) is 62.4 Å². The number of aromatic nitrogens is 3. The van der Waals surface area contributed by atoms with Crippen LogP contribution in [-0.2, 0) is 0 Å². The number of rotatable bonds is 8. The Labute approximate surface area is 170 Å². The first-order chi connectivity index (χ1) is 13.6. The summed E-state index contributed by atoms with van der Waals surface area (Å²) in [4.78, 5) is 4.81. The van der Waals surface area contributed by atoms with Crippen LogP contribution in [0, 0.1) is 0 Å². The molecule has 1 aromatic heterocycles. The van der Waals surface area contributed by atoms with Crippen molar-refractivity contribution in [1.29, 1.82) is 0 Å². The second kappa shape index (κ2) is 9.55. The third-order valence-corrected chi connectivity index (χ3v) is 4.74. The van der Waals surface area contributed by atoms with Crippen molar-refractivity contribution in [1.82, 2.24) is 15.2 Å². The Morgan fingerprint density at radius 2 is 1.25 bits per heavy atom. The van der Waals surface area contributed by atoms with Gasteiger partial charge in [-0.1, -0.05) is 25.6 Å². The fourth-order valence-corrected chi connectivity index (χ4v) is 3.37. The van der Waals surface area contributed by atoms with Gasteiger partial charge in [-0.15, -0.1) is 10.2 Å². The summed E-state index contributed by atoms with van der Waals surface area (Å²) >= 11 is 1.60. The quantitative estimate of drug-likeness (QED) is 0.469. The van der Waals surface area contributed by atoms with Gasteiger partial charge in [-0.2, -0.15) is 0 Å². The fourth-order valence-electron chi connectivity index (χ4n) is 2.72. The summed E-state index contributed by atoms with van der Waals surface area (Å²) in [7, 11) is 0. The molecular weight excluding hydrogens is 370 g/mol. The molecule has 1 heterocycles. The van der Waals surface area contributed by atoms with Gasteiger partial charge in [0.15, 0.2) is 0 Å². The van der Waals surface area contributed by atoms with E-state index >= 15 is 0 Å². The monoisotopic (exact) mass is 395 g/mol. The molecule has 3 rings (SSSR count). The number of hydrogen-bond donors (Lipinski definition) is 0. The number of ether oxygens (including phenoxy) is 2. The third kappa shape index (κ3) is 5.01. The maximum Gasteiger partial charge on any atom is 0.209 e. The van der Waals surface area contributed by atoms with E-state index in [-0.39, 0.29) is 0 Å². The molecule has 0 aliphatic carbocycles. The van der Waals surface area contributed by atoms with Gasteiger partial charge in [0.05, 0.1) is 13.2 Å². The molecule has 0 spiro atoms. The van der Waals surface area contributed by atoms with E-state index in [0.717, 1.165) is 34.0 Å². The lowest BCUT2D eigenvalue weighted by Gasteiger charge is -2.11. The molecule has 146 valence electrons. The van der Waals surface area contributed by atoms with Gasteiger partial charge in [0.2, 0.25) is 5.16 Å². The Balaban J connectivity index is 2.03. The molecule has 5 nitrogen and oxygen atoms in total. The van der Waals surface area contributed by atoms with Crippen molar-refractivity contribution in [2.24, 2.45) is 0 Å². The first-order valence-corrected chi connectivity index (χ1v) is 10.4. The molecule has 2 aromatic carbocycles. The summed E-state index contributed by atoms with van der Waals surface area (Å²) in [5, 5.41) is 9.90. The van der Waals surface area contributed by atoms with Crippen LogP contribution >= 0.6 is 11.8 Å². The molecule has 0 atom stereocenters. The van der Waals surface area contributed by atoms with Crippen LogP contribution in [0.25, 0.3) is 22.5 Å². The van der Waals surface area contributed by atoms with Gasteiger partial charge in [0, 0.05) is 16.4 Å². The van der Waals surface area contributed by atoms with Crippen molar-refractivity contribution in [2.45, 2.75) is 38.1 Å². The van der Waals surface area contributed by atoms with E-state index in [0.29, 0.717) is 23.6 Å². The summed E-state index contributed by atoms with van der Waals surface area (Å²) < 4.78 is 11.1. The molecule has 0 bridgehead atoms. The number of nitrogens with zero attached hydrogens (tertiary/aromatic N) is 3. The second-order valence-electron chi connectivity index (χ2n) is 6.37. The minimum absolute atomic E-state index is 0.381. The Bertz CT molecular complexity index is 897. The van der Waals surface area contributed by atoms with E-state index in [2.05, 4.69) is 24.0 Å². The molecule has 0 fully saturated rings. The molecule has 6 heteroatoms. The lowest BCUT2D eigenvalue weighted by molar-refractivity contribution is 0.340. The highest BCUT2D eigenvalue weighted by atomic mass is 32.2. The van der Waals surface area contributed by atoms with E-state index < -0.39 is 0 Å². The molecule has 0 N–H and O–H groups in total. The average molecular weight is 396 g/mol. The summed E-state index contributed by atoms with van der Waals surface area (Å²) in [6.45, 7) is 9.45. The molecular formula is C22H25N3O2S. The van der Waals surface area contributed by atoms with Crippen molar-refractivity contribution in [3.05, 3.63) is 48.5 Å². The van der Waals surface area contributed by atoms with Crippen molar-refractivity contribution in [3.8, 4) is 34.0 Å². The average Bonchev–Trinajstić information content (AvgIpc) is 2.69. The van der Waals surface area contributed by atoms with E-state index in [1.54, 1.807) is 11.8 Å². The first-order valence-electron chi connectivity index (χ1n) is 9.48. The summed E-state index contributed by atoms with van der Waals surface area (Å²) in [5.41, 5.74) is 3.49. The topological polar surface area (TPSA) is 57.1 Å². The molecule has 0 aliphatic rings. The van der Waals surface area contributed by atoms with Gasteiger partial charge >= 0.3 is 0 Å². The minimum Gasteiger partial charge on any atom is -0.494 e. The normalized spacial score (nSPS) is 10.9.